The van der Waals surface area contributed by atoms with Gasteiger partial charge in [-0.05, 0) is 66.9 Å². The number of benzene rings is 1. The molecule has 0 saturated carbocycles. The van der Waals surface area contributed by atoms with Gasteiger partial charge in [-0.25, -0.2) is 4.39 Å². The first-order valence-electron chi connectivity index (χ1n) is 5.24. The van der Waals surface area contributed by atoms with E-state index in [2.05, 4.69) is 28.2 Å². The fourth-order valence-corrected chi connectivity index (χ4v) is 1.88. The minimum Gasteiger partial charge on any atom is -0.317 e. The van der Waals surface area contributed by atoms with Crippen molar-refractivity contribution < 1.29 is 4.39 Å². The van der Waals surface area contributed by atoms with E-state index in [-0.39, 0.29) is 5.82 Å². The van der Waals surface area contributed by atoms with Crippen LogP contribution in [0.3, 0.4) is 0 Å². The molecule has 1 N–H and O–H groups in total. The molecule has 1 unspecified atom stereocenters. The molecule has 0 bridgehead atoms. The summed E-state index contributed by atoms with van der Waals surface area (Å²) in [5, 5.41) is 3.20. The molecular formula is C12H17BrFN. The summed E-state index contributed by atoms with van der Waals surface area (Å²) in [6, 6.07) is 5.78. The van der Waals surface area contributed by atoms with Gasteiger partial charge in [0.15, 0.2) is 0 Å². The van der Waals surface area contributed by atoms with E-state index in [1.165, 1.54) is 11.6 Å². The average Bonchev–Trinajstić information content (AvgIpc) is 2.23. The van der Waals surface area contributed by atoms with E-state index < -0.39 is 0 Å². The van der Waals surface area contributed by atoms with Gasteiger partial charge in [0.05, 0.1) is 4.47 Å². The normalized spacial score (nSPS) is 12.8. The highest BCUT2D eigenvalue weighted by molar-refractivity contribution is 9.10. The molecule has 0 aromatic heterocycles. The summed E-state index contributed by atoms with van der Waals surface area (Å²) in [6.07, 6.45) is 3.27. The second-order valence-electron chi connectivity index (χ2n) is 3.83. The van der Waals surface area contributed by atoms with E-state index in [0.29, 0.717) is 10.5 Å². The molecular weight excluding hydrogens is 257 g/mol. The monoisotopic (exact) mass is 273 g/mol. The number of nitrogens with one attached hydrogen (secondary N) is 1. The predicted molar refractivity (Wildman–Crippen MR) is 65.6 cm³/mol. The van der Waals surface area contributed by atoms with Crippen molar-refractivity contribution in [1.29, 1.82) is 0 Å². The standard InChI is InChI=1S/C12H17BrFN/c1-9(15-2)4-3-5-10-6-7-12(14)11(13)8-10/h6-9,15H,3-5H2,1-2H3. The van der Waals surface area contributed by atoms with Gasteiger partial charge in [0.1, 0.15) is 5.82 Å². The largest absolute Gasteiger partial charge is 0.317 e. The molecule has 1 rings (SSSR count). The first-order valence-corrected chi connectivity index (χ1v) is 6.04. The molecule has 1 atom stereocenters. The Balaban J connectivity index is 2.41. The molecule has 3 heteroatoms. The maximum Gasteiger partial charge on any atom is 0.137 e. The van der Waals surface area contributed by atoms with Gasteiger partial charge in [0, 0.05) is 6.04 Å². The highest BCUT2D eigenvalue weighted by Gasteiger charge is 2.02. The Morgan fingerprint density at radius 1 is 1.47 bits per heavy atom. The van der Waals surface area contributed by atoms with Crippen LogP contribution in [0.4, 0.5) is 4.39 Å². The van der Waals surface area contributed by atoms with Crippen LogP contribution in [0, 0.1) is 5.82 Å². The fraction of sp³-hybridized carbons (Fsp3) is 0.500. The third-order valence-corrected chi connectivity index (χ3v) is 3.19. The Labute approximate surface area is 99.2 Å². The zero-order chi connectivity index (χ0) is 11.3. The summed E-state index contributed by atoms with van der Waals surface area (Å²) in [4.78, 5) is 0. The molecule has 0 aliphatic heterocycles. The van der Waals surface area contributed by atoms with Crippen LogP contribution in [0.2, 0.25) is 0 Å². The van der Waals surface area contributed by atoms with Crippen molar-refractivity contribution in [1.82, 2.24) is 5.32 Å². The van der Waals surface area contributed by atoms with Crippen molar-refractivity contribution in [2.45, 2.75) is 32.2 Å². The molecule has 1 nitrogen and oxygen atoms in total. The second kappa shape index (κ2) is 6.23. The molecule has 0 spiro atoms. The first-order chi connectivity index (χ1) is 7.13. The summed E-state index contributed by atoms with van der Waals surface area (Å²) in [7, 11) is 1.97. The van der Waals surface area contributed by atoms with Gasteiger partial charge in [-0.2, -0.15) is 0 Å². The lowest BCUT2D eigenvalue weighted by Gasteiger charge is -2.09. The molecule has 0 heterocycles. The van der Waals surface area contributed by atoms with Crippen LogP contribution in [0.1, 0.15) is 25.3 Å². The number of hydrogen-bond donors (Lipinski definition) is 1. The zero-order valence-corrected chi connectivity index (χ0v) is 10.8. The quantitative estimate of drug-likeness (QED) is 0.866. The van der Waals surface area contributed by atoms with Crippen molar-refractivity contribution in [3.63, 3.8) is 0 Å². The maximum absolute atomic E-state index is 12.9. The number of hydrogen-bond acceptors (Lipinski definition) is 1. The second-order valence-corrected chi connectivity index (χ2v) is 4.68. The lowest BCUT2D eigenvalue weighted by molar-refractivity contribution is 0.541. The molecule has 15 heavy (non-hydrogen) atoms. The Bertz CT molecular complexity index is 314. The summed E-state index contributed by atoms with van der Waals surface area (Å²) < 4.78 is 13.5. The van der Waals surface area contributed by atoms with Crippen molar-refractivity contribution in [3.05, 3.63) is 34.1 Å². The molecule has 1 aromatic rings. The maximum atomic E-state index is 12.9. The Morgan fingerprint density at radius 3 is 2.80 bits per heavy atom. The van der Waals surface area contributed by atoms with Gasteiger partial charge in [-0.15, -0.1) is 0 Å². The van der Waals surface area contributed by atoms with Gasteiger partial charge in [0.25, 0.3) is 0 Å². The van der Waals surface area contributed by atoms with E-state index in [4.69, 9.17) is 0 Å². The topological polar surface area (TPSA) is 12.0 Å². The first kappa shape index (κ1) is 12.7. The predicted octanol–water partition coefficient (Wildman–Crippen LogP) is 3.52. The van der Waals surface area contributed by atoms with Crippen molar-refractivity contribution in [3.8, 4) is 0 Å². The molecule has 0 aliphatic carbocycles. The van der Waals surface area contributed by atoms with Crippen LogP contribution in [0.5, 0.6) is 0 Å². The van der Waals surface area contributed by atoms with E-state index in [0.717, 1.165) is 19.3 Å². The molecule has 0 saturated heterocycles. The Hall–Kier alpha value is -0.410. The third kappa shape index (κ3) is 4.31. The lowest BCUT2D eigenvalue weighted by Crippen LogP contribution is -2.20. The van der Waals surface area contributed by atoms with Crippen molar-refractivity contribution >= 4 is 15.9 Å². The zero-order valence-electron chi connectivity index (χ0n) is 9.19. The fourth-order valence-electron chi connectivity index (χ4n) is 1.45. The molecule has 0 amide bonds. The molecule has 0 aliphatic rings. The van der Waals surface area contributed by atoms with Crippen LogP contribution in [0.15, 0.2) is 22.7 Å². The van der Waals surface area contributed by atoms with Gasteiger partial charge in [0.2, 0.25) is 0 Å². The van der Waals surface area contributed by atoms with Crippen LogP contribution in [-0.4, -0.2) is 13.1 Å². The number of rotatable bonds is 5. The number of aryl methyl sites for hydroxylation is 1. The lowest BCUT2D eigenvalue weighted by atomic mass is 10.1. The smallest absolute Gasteiger partial charge is 0.137 e. The van der Waals surface area contributed by atoms with Crippen LogP contribution < -0.4 is 5.32 Å². The highest BCUT2D eigenvalue weighted by atomic mass is 79.9. The van der Waals surface area contributed by atoms with E-state index in [1.54, 1.807) is 0 Å². The van der Waals surface area contributed by atoms with Gasteiger partial charge >= 0.3 is 0 Å². The van der Waals surface area contributed by atoms with E-state index >= 15 is 0 Å². The highest BCUT2D eigenvalue weighted by Crippen LogP contribution is 2.18. The molecule has 1 aromatic carbocycles. The minimum atomic E-state index is -0.192. The van der Waals surface area contributed by atoms with Crippen molar-refractivity contribution in [2.75, 3.05) is 7.05 Å². The number of halogens is 2. The Morgan fingerprint density at radius 2 is 2.20 bits per heavy atom. The van der Waals surface area contributed by atoms with Crippen LogP contribution in [0.25, 0.3) is 0 Å². The average molecular weight is 274 g/mol. The SMILES string of the molecule is CNC(C)CCCc1ccc(F)c(Br)c1. The molecule has 0 fully saturated rings. The van der Waals surface area contributed by atoms with E-state index in [1.807, 2.05) is 19.2 Å². The van der Waals surface area contributed by atoms with Crippen LogP contribution >= 0.6 is 15.9 Å². The summed E-state index contributed by atoms with van der Waals surface area (Å²) >= 11 is 3.19. The summed E-state index contributed by atoms with van der Waals surface area (Å²) in [5.74, 6) is -0.192. The van der Waals surface area contributed by atoms with Gasteiger partial charge in [-0.3, -0.25) is 0 Å². The Kier molecular flexibility index (Phi) is 5.26. The van der Waals surface area contributed by atoms with Crippen molar-refractivity contribution in [2.24, 2.45) is 0 Å². The van der Waals surface area contributed by atoms with Crippen LogP contribution in [-0.2, 0) is 6.42 Å². The van der Waals surface area contributed by atoms with Gasteiger partial charge < -0.3 is 5.32 Å². The summed E-state index contributed by atoms with van der Waals surface area (Å²) in [5.41, 5.74) is 1.19. The molecule has 0 radical (unpaired) electrons. The van der Waals surface area contributed by atoms with E-state index in [9.17, 15) is 4.39 Å². The third-order valence-electron chi connectivity index (χ3n) is 2.58. The van der Waals surface area contributed by atoms with Gasteiger partial charge in [-0.1, -0.05) is 6.07 Å². The summed E-state index contributed by atoms with van der Waals surface area (Å²) in [6.45, 7) is 2.17. The molecule has 84 valence electrons. The minimum absolute atomic E-state index is 0.192.